The van der Waals surface area contributed by atoms with Gasteiger partial charge in [-0.3, -0.25) is 0 Å². The fraction of sp³-hybridized carbons (Fsp3) is 0.667. The first-order chi connectivity index (χ1) is 9.99. The van der Waals surface area contributed by atoms with Crippen molar-refractivity contribution < 1.29 is 0 Å². The lowest BCUT2D eigenvalue weighted by Gasteiger charge is -2.33. The van der Waals surface area contributed by atoms with Crippen LogP contribution in [0, 0.1) is 5.92 Å². The van der Waals surface area contributed by atoms with Crippen LogP contribution in [0.25, 0.3) is 0 Å². The van der Waals surface area contributed by atoms with Crippen LogP contribution >= 0.6 is 15.9 Å². The van der Waals surface area contributed by atoms with Crippen LogP contribution < -0.4 is 10.6 Å². The molecule has 0 radical (unpaired) electrons. The third kappa shape index (κ3) is 4.46. The Balaban J connectivity index is 2.22. The van der Waals surface area contributed by atoms with Gasteiger partial charge < -0.3 is 10.6 Å². The van der Waals surface area contributed by atoms with Crippen LogP contribution in [0.2, 0.25) is 0 Å². The third-order valence-electron chi connectivity index (χ3n) is 4.52. The molecule has 1 aliphatic carbocycles. The van der Waals surface area contributed by atoms with E-state index in [4.69, 9.17) is 5.73 Å². The molecular formula is C18H29BrN2. The molecular weight excluding hydrogens is 324 g/mol. The highest BCUT2D eigenvalue weighted by Gasteiger charge is 2.24. The minimum Gasteiger partial charge on any atom is -0.368 e. The summed E-state index contributed by atoms with van der Waals surface area (Å²) in [6.45, 7) is 7.80. The second kappa shape index (κ2) is 7.64. The Labute approximate surface area is 138 Å². The zero-order chi connectivity index (χ0) is 15.4. The number of benzene rings is 1. The van der Waals surface area contributed by atoms with E-state index >= 15 is 0 Å². The van der Waals surface area contributed by atoms with Gasteiger partial charge in [0.2, 0.25) is 0 Å². The molecule has 2 N–H and O–H groups in total. The molecule has 0 spiro atoms. The molecule has 21 heavy (non-hydrogen) atoms. The first-order valence-corrected chi connectivity index (χ1v) is 9.10. The maximum atomic E-state index is 5.99. The minimum absolute atomic E-state index is 0.0888. The van der Waals surface area contributed by atoms with Gasteiger partial charge in [-0.1, -0.05) is 32.8 Å². The third-order valence-corrected chi connectivity index (χ3v) is 5.15. The lowest BCUT2D eigenvalue weighted by atomic mass is 10.1. The van der Waals surface area contributed by atoms with Crippen molar-refractivity contribution >= 4 is 21.6 Å². The summed E-state index contributed by atoms with van der Waals surface area (Å²) in [4.78, 5) is 2.63. The van der Waals surface area contributed by atoms with Crippen LogP contribution in [0.3, 0.4) is 0 Å². The number of nitrogens with zero attached hydrogens (tertiary/aromatic N) is 1. The summed E-state index contributed by atoms with van der Waals surface area (Å²) in [5.74, 6) is 0.746. The van der Waals surface area contributed by atoms with Gasteiger partial charge in [0.15, 0.2) is 0 Å². The Morgan fingerprint density at radius 3 is 2.43 bits per heavy atom. The molecule has 1 saturated carbocycles. The first kappa shape index (κ1) is 16.8. The number of halogens is 1. The normalized spacial score (nSPS) is 17.4. The van der Waals surface area contributed by atoms with Crippen molar-refractivity contribution in [3.8, 4) is 0 Å². The average molecular weight is 353 g/mol. The number of hydrogen-bond donors (Lipinski definition) is 1. The van der Waals surface area contributed by atoms with Crippen molar-refractivity contribution in [3.63, 3.8) is 0 Å². The Morgan fingerprint density at radius 2 is 1.90 bits per heavy atom. The molecule has 0 heterocycles. The van der Waals surface area contributed by atoms with E-state index in [0.717, 1.165) is 12.5 Å². The molecule has 118 valence electrons. The molecule has 1 unspecified atom stereocenters. The van der Waals surface area contributed by atoms with Gasteiger partial charge >= 0.3 is 0 Å². The van der Waals surface area contributed by atoms with Crippen molar-refractivity contribution in [3.05, 3.63) is 28.2 Å². The molecule has 1 fully saturated rings. The van der Waals surface area contributed by atoms with Crippen molar-refractivity contribution in [2.45, 2.75) is 65.0 Å². The number of anilines is 1. The molecule has 2 rings (SSSR count). The highest BCUT2D eigenvalue weighted by molar-refractivity contribution is 9.10. The highest BCUT2D eigenvalue weighted by atomic mass is 79.9. The van der Waals surface area contributed by atoms with E-state index in [9.17, 15) is 0 Å². The van der Waals surface area contributed by atoms with E-state index in [0.29, 0.717) is 6.04 Å². The zero-order valence-electron chi connectivity index (χ0n) is 13.6. The van der Waals surface area contributed by atoms with Crippen LogP contribution in [-0.2, 0) is 0 Å². The maximum Gasteiger partial charge on any atom is 0.0513 e. The first-order valence-electron chi connectivity index (χ1n) is 8.30. The molecule has 1 aliphatic rings. The molecule has 3 heteroatoms. The molecule has 0 aliphatic heterocycles. The fourth-order valence-corrected chi connectivity index (χ4v) is 3.78. The highest BCUT2D eigenvalue weighted by Crippen LogP contribution is 2.35. The lowest BCUT2D eigenvalue weighted by Crippen LogP contribution is -2.35. The molecule has 0 amide bonds. The summed E-state index contributed by atoms with van der Waals surface area (Å²) in [6.07, 6.45) is 6.66. The second-order valence-electron chi connectivity index (χ2n) is 6.81. The molecule has 1 aromatic carbocycles. The topological polar surface area (TPSA) is 29.3 Å². The van der Waals surface area contributed by atoms with Gasteiger partial charge in [-0.25, -0.2) is 0 Å². The standard InChI is InChI=1S/C18H29BrN2/c1-13(2)10-11-21(16-6-4-5-7-16)18-9-8-15(14(3)20)12-17(18)19/h8-9,12-14,16H,4-7,10-11,20H2,1-3H3. The quantitative estimate of drug-likeness (QED) is 0.755. The SMILES string of the molecule is CC(C)CCN(c1ccc(C(C)N)cc1Br)C1CCCC1. The van der Waals surface area contributed by atoms with E-state index in [1.54, 1.807) is 0 Å². The predicted molar refractivity (Wildman–Crippen MR) is 95.8 cm³/mol. The molecule has 0 aromatic heterocycles. The summed E-state index contributed by atoms with van der Waals surface area (Å²) < 4.78 is 1.19. The van der Waals surface area contributed by atoms with E-state index in [1.165, 1.54) is 47.8 Å². The van der Waals surface area contributed by atoms with Crippen molar-refractivity contribution in [1.82, 2.24) is 0 Å². The van der Waals surface area contributed by atoms with Gasteiger partial charge in [-0.2, -0.15) is 0 Å². The van der Waals surface area contributed by atoms with Gasteiger partial charge in [0, 0.05) is 23.1 Å². The van der Waals surface area contributed by atoms with E-state index in [2.05, 4.69) is 52.9 Å². The fourth-order valence-electron chi connectivity index (χ4n) is 3.15. The summed E-state index contributed by atoms with van der Waals surface area (Å²) in [5, 5.41) is 0. The van der Waals surface area contributed by atoms with Gasteiger partial charge in [0.1, 0.15) is 0 Å². The minimum atomic E-state index is 0.0888. The molecule has 2 nitrogen and oxygen atoms in total. The van der Waals surface area contributed by atoms with E-state index in [1.807, 2.05) is 6.92 Å². The van der Waals surface area contributed by atoms with Crippen LogP contribution in [0.4, 0.5) is 5.69 Å². The number of nitrogens with two attached hydrogens (primary N) is 1. The molecule has 0 saturated heterocycles. The van der Waals surface area contributed by atoms with Gasteiger partial charge in [-0.15, -0.1) is 0 Å². The Morgan fingerprint density at radius 1 is 1.24 bits per heavy atom. The van der Waals surface area contributed by atoms with Gasteiger partial charge in [0.25, 0.3) is 0 Å². The van der Waals surface area contributed by atoms with Crippen LogP contribution in [0.1, 0.15) is 64.5 Å². The molecule has 0 bridgehead atoms. The monoisotopic (exact) mass is 352 g/mol. The Hall–Kier alpha value is -0.540. The summed E-state index contributed by atoms with van der Waals surface area (Å²) >= 11 is 3.77. The van der Waals surface area contributed by atoms with Crippen LogP contribution in [0.5, 0.6) is 0 Å². The summed E-state index contributed by atoms with van der Waals surface area (Å²) in [6, 6.07) is 7.42. The second-order valence-corrected chi connectivity index (χ2v) is 7.67. The summed E-state index contributed by atoms with van der Waals surface area (Å²) in [5.41, 5.74) is 8.53. The Kier molecular flexibility index (Phi) is 6.12. The van der Waals surface area contributed by atoms with Crippen LogP contribution in [-0.4, -0.2) is 12.6 Å². The number of hydrogen-bond acceptors (Lipinski definition) is 2. The average Bonchev–Trinajstić information content (AvgIpc) is 2.94. The van der Waals surface area contributed by atoms with Crippen molar-refractivity contribution in [2.24, 2.45) is 11.7 Å². The largest absolute Gasteiger partial charge is 0.368 e. The molecule has 1 aromatic rings. The van der Waals surface area contributed by atoms with Crippen LogP contribution in [0.15, 0.2) is 22.7 Å². The predicted octanol–water partition coefficient (Wildman–Crippen LogP) is 5.26. The van der Waals surface area contributed by atoms with E-state index in [-0.39, 0.29) is 6.04 Å². The van der Waals surface area contributed by atoms with Gasteiger partial charge in [-0.05, 0) is 65.7 Å². The van der Waals surface area contributed by atoms with Gasteiger partial charge in [0.05, 0.1) is 5.69 Å². The summed E-state index contributed by atoms with van der Waals surface area (Å²) in [7, 11) is 0. The Bertz CT molecular complexity index is 451. The van der Waals surface area contributed by atoms with E-state index < -0.39 is 0 Å². The zero-order valence-corrected chi connectivity index (χ0v) is 15.2. The van der Waals surface area contributed by atoms with Crippen molar-refractivity contribution in [2.75, 3.05) is 11.4 Å². The molecule has 1 atom stereocenters. The lowest BCUT2D eigenvalue weighted by molar-refractivity contribution is 0.528. The smallest absolute Gasteiger partial charge is 0.0513 e. The maximum absolute atomic E-state index is 5.99. The van der Waals surface area contributed by atoms with Crippen molar-refractivity contribution in [1.29, 1.82) is 0 Å². The number of rotatable bonds is 6.